The molecule has 0 radical (unpaired) electrons. The number of aromatic nitrogens is 2. The topological polar surface area (TPSA) is 63.8 Å². The van der Waals surface area contributed by atoms with Gasteiger partial charge in [0.05, 0.1) is 0 Å². The fourth-order valence-corrected chi connectivity index (χ4v) is 1.73. The molecule has 0 bridgehead atoms. The van der Waals surface area contributed by atoms with E-state index in [1.807, 2.05) is 42.6 Å². The van der Waals surface area contributed by atoms with Gasteiger partial charge in [0.15, 0.2) is 0 Å². The van der Waals surface area contributed by atoms with E-state index in [1.165, 1.54) is 0 Å². The van der Waals surface area contributed by atoms with Crippen LogP contribution in [0.25, 0.3) is 0 Å². The third kappa shape index (κ3) is 3.82. The van der Waals surface area contributed by atoms with Crippen molar-refractivity contribution >= 4 is 5.82 Å². The number of anilines is 1. The number of nitrogens with zero attached hydrogens (tertiary/aromatic N) is 2. The lowest BCUT2D eigenvalue weighted by molar-refractivity contribution is 0.911. The summed E-state index contributed by atoms with van der Waals surface area (Å²) < 4.78 is 0. The van der Waals surface area contributed by atoms with E-state index in [4.69, 9.17) is 5.73 Å². The van der Waals surface area contributed by atoms with Crippen LogP contribution in [0.15, 0.2) is 42.6 Å². The van der Waals surface area contributed by atoms with Crippen molar-refractivity contribution in [2.45, 2.75) is 12.8 Å². The Balaban J connectivity index is 1.84. The molecule has 94 valence electrons. The van der Waals surface area contributed by atoms with Crippen molar-refractivity contribution in [1.82, 2.24) is 9.97 Å². The normalized spacial score (nSPS) is 10.3. The maximum absolute atomic E-state index is 5.52. The van der Waals surface area contributed by atoms with Crippen molar-refractivity contribution in [3.8, 4) is 0 Å². The van der Waals surface area contributed by atoms with Gasteiger partial charge in [-0.3, -0.25) is 4.98 Å². The van der Waals surface area contributed by atoms with Gasteiger partial charge in [-0.2, -0.15) is 0 Å². The fraction of sp³-hybridized carbons (Fsp3) is 0.286. The smallest absolute Gasteiger partial charge is 0.126 e. The van der Waals surface area contributed by atoms with E-state index >= 15 is 0 Å². The molecule has 0 aliphatic carbocycles. The van der Waals surface area contributed by atoms with Crippen LogP contribution in [0.3, 0.4) is 0 Å². The minimum Gasteiger partial charge on any atom is -0.370 e. The Hall–Kier alpha value is -1.94. The summed E-state index contributed by atoms with van der Waals surface area (Å²) in [6.07, 6.45) is 3.52. The van der Waals surface area contributed by atoms with Crippen LogP contribution in [0.2, 0.25) is 0 Å². The number of rotatable bonds is 6. The first-order valence-electron chi connectivity index (χ1n) is 6.18. The van der Waals surface area contributed by atoms with E-state index in [9.17, 15) is 0 Å². The summed E-state index contributed by atoms with van der Waals surface area (Å²) in [6.45, 7) is 1.46. The molecule has 2 aromatic heterocycles. The van der Waals surface area contributed by atoms with Gasteiger partial charge in [-0.25, -0.2) is 4.98 Å². The fourth-order valence-electron chi connectivity index (χ4n) is 1.73. The van der Waals surface area contributed by atoms with Crippen molar-refractivity contribution in [1.29, 1.82) is 0 Å². The standard InChI is InChI=1S/C14H18N4/c15-9-7-13-5-3-6-14(18-13)17-11-8-12-4-1-2-10-16-12/h1-6,10H,7-9,11,15H2,(H,17,18). The number of nitrogens with one attached hydrogen (secondary N) is 1. The molecule has 18 heavy (non-hydrogen) atoms. The number of pyridine rings is 2. The van der Waals surface area contributed by atoms with Crippen molar-refractivity contribution in [2.24, 2.45) is 5.73 Å². The van der Waals surface area contributed by atoms with E-state index in [2.05, 4.69) is 15.3 Å². The highest BCUT2D eigenvalue weighted by Gasteiger charge is 1.97. The Labute approximate surface area is 107 Å². The molecule has 0 spiro atoms. The molecular formula is C14H18N4. The molecule has 0 saturated heterocycles. The maximum Gasteiger partial charge on any atom is 0.126 e. The Kier molecular flexibility index (Phi) is 4.67. The van der Waals surface area contributed by atoms with Crippen LogP contribution in [-0.4, -0.2) is 23.1 Å². The molecule has 0 saturated carbocycles. The summed E-state index contributed by atoms with van der Waals surface area (Å²) in [7, 11) is 0. The van der Waals surface area contributed by atoms with E-state index in [0.717, 1.165) is 36.6 Å². The summed E-state index contributed by atoms with van der Waals surface area (Å²) in [5, 5.41) is 3.30. The van der Waals surface area contributed by atoms with Crippen molar-refractivity contribution in [2.75, 3.05) is 18.4 Å². The second kappa shape index (κ2) is 6.71. The van der Waals surface area contributed by atoms with Crippen LogP contribution in [0.1, 0.15) is 11.4 Å². The van der Waals surface area contributed by atoms with E-state index in [0.29, 0.717) is 6.54 Å². The minimum absolute atomic E-state index is 0.629. The van der Waals surface area contributed by atoms with Gasteiger partial charge >= 0.3 is 0 Å². The molecule has 4 heteroatoms. The first-order chi connectivity index (χ1) is 8.88. The first-order valence-corrected chi connectivity index (χ1v) is 6.18. The summed E-state index contributed by atoms with van der Waals surface area (Å²) in [6, 6.07) is 11.9. The quantitative estimate of drug-likeness (QED) is 0.808. The van der Waals surface area contributed by atoms with Crippen LogP contribution >= 0.6 is 0 Å². The van der Waals surface area contributed by atoms with Gasteiger partial charge in [0.1, 0.15) is 5.82 Å². The van der Waals surface area contributed by atoms with Crippen LogP contribution < -0.4 is 11.1 Å². The lowest BCUT2D eigenvalue weighted by Gasteiger charge is -2.06. The number of hydrogen-bond donors (Lipinski definition) is 2. The second-order valence-corrected chi connectivity index (χ2v) is 4.05. The average Bonchev–Trinajstić information content (AvgIpc) is 2.41. The molecule has 0 fully saturated rings. The molecule has 0 atom stereocenters. The molecule has 2 heterocycles. The Bertz CT molecular complexity index is 470. The second-order valence-electron chi connectivity index (χ2n) is 4.05. The molecule has 0 unspecified atom stereocenters. The van der Waals surface area contributed by atoms with E-state index < -0.39 is 0 Å². The molecule has 0 amide bonds. The highest BCUT2D eigenvalue weighted by atomic mass is 15.0. The monoisotopic (exact) mass is 242 g/mol. The maximum atomic E-state index is 5.52. The Morgan fingerprint density at radius 2 is 1.89 bits per heavy atom. The number of hydrogen-bond acceptors (Lipinski definition) is 4. The zero-order valence-corrected chi connectivity index (χ0v) is 10.3. The molecule has 0 aliphatic rings. The highest BCUT2D eigenvalue weighted by molar-refractivity contribution is 5.35. The lowest BCUT2D eigenvalue weighted by Crippen LogP contribution is -2.09. The van der Waals surface area contributed by atoms with Crippen LogP contribution in [0, 0.1) is 0 Å². The van der Waals surface area contributed by atoms with Crippen LogP contribution in [0.4, 0.5) is 5.82 Å². The summed E-state index contributed by atoms with van der Waals surface area (Å²) >= 11 is 0. The third-order valence-electron chi connectivity index (χ3n) is 2.62. The van der Waals surface area contributed by atoms with E-state index in [1.54, 1.807) is 0 Å². The molecule has 3 N–H and O–H groups in total. The molecule has 2 aromatic rings. The SMILES string of the molecule is NCCc1cccc(NCCc2ccccn2)n1. The van der Waals surface area contributed by atoms with Gasteiger partial charge in [-0.15, -0.1) is 0 Å². The highest BCUT2D eigenvalue weighted by Crippen LogP contribution is 2.05. The first kappa shape index (κ1) is 12.5. The summed E-state index contributed by atoms with van der Waals surface area (Å²) in [5.74, 6) is 0.900. The van der Waals surface area contributed by atoms with Crippen LogP contribution in [-0.2, 0) is 12.8 Å². The van der Waals surface area contributed by atoms with Gasteiger partial charge < -0.3 is 11.1 Å². The molecule has 0 aromatic carbocycles. The zero-order chi connectivity index (χ0) is 12.6. The molecule has 0 aliphatic heterocycles. The minimum atomic E-state index is 0.629. The predicted molar refractivity (Wildman–Crippen MR) is 73.4 cm³/mol. The average molecular weight is 242 g/mol. The molecule has 2 rings (SSSR count). The largest absolute Gasteiger partial charge is 0.370 e. The molecule has 4 nitrogen and oxygen atoms in total. The van der Waals surface area contributed by atoms with Crippen molar-refractivity contribution < 1.29 is 0 Å². The van der Waals surface area contributed by atoms with Gasteiger partial charge in [-0.1, -0.05) is 12.1 Å². The third-order valence-corrected chi connectivity index (χ3v) is 2.62. The number of nitrogens with two attached hydrogens (primary N) is 1. The van der Waals surface area contributed by atoms with Gasteiger partial charge in [-0.05, 0) is 30.8 Å². The van der Waals surface area contributed by atoms with Gasteiger partial charge in [0.25, 0.3) is 0 Å². The van der Waals surface area contributed by atoms with E-state index in [-0.39, 0.29) is 0 Å². The Morgan fingerprint density at radius 3 is 2.67 bits per heavy atom. The Morgan fingerprint density at radius 1 is 1.00 bits per heavy atom. The predicted octanol–water partition coefficient (Wildman–Crippen LogP) is 1.63. The van der Waals surface area contributed by atoms with Gasteiger partial charge in [0, 0.05) is 37.0 Å². The van der Waals surface area contributed by atoms with Crippen molar-refractivity contribution in [3.05, 3.63) is 54.0 Å². The summed E-state index contributed by atoms with van der Waals surface area (Å²) in [4.78, 5) is 8.76. The zero-order valence-electron chi connectivity index (χ0n) is 10.3. The van der Waals surface area contributed by atoms with Gasteiger partial charge in [0.2, 0.25) is 0 Å². The van der Waals surface area contributed by atoms with Crippen LogP contribution in [0.5, 0.6) is 0 Å². The summed E-state index contributed by atoms with van der Waals surface area (Å²) in [5.41, 5.74) is 7.63. The van der Waals surface area contributed by atoms with Crippen molar-refractivity contribution in [3.63, 3.8) is 0 Å². The molecular weight excluding hydrogens is 224 g/mol. The lowest BCUT2D eigenvalue weighted by atomic mass is 10.2.